The Labute approximate surface area is 155 Å². The fraction of sp³-hybridized carbons (Fsp3) is 0.364. The van der Waals surface area contributed by atoms with Crippen LogP contribution >= 0.6 is 0 Å². The third-order valence-corrected chi connectivity index (χ3v) is 5.26. The van der Waals surface area contributed by atoms with Crippen LogP contribution in [0, 0.1) is 0 Å². The summed E-state index contributed by atoms with van der Waals surface area (Å²) in [7, 11) is 0. The SMILES string of the molecule is c1ccc(N2CCN(CCCCc3ccnc4ccccc34)CC2)nc1. The molecule has 0 unspecified atom stereocenters. The average Bonchev–Trinajstić information content (AvgIpc) is 2.72. The molecule has 3 aromatic rings. The summed E-state index contributed by atoms with van der Waals surface area (Å²) in [6, 6.07) is 16.8. The fourth-order valence-corrected chi connectivity index (χ4v) is 3.77. The molecule has 1 aromatic carbocycles. The minimum absolute atomic E-state index is 1.08. The Morgan fingerprint density at radius 3 is 2.46 bits per heavy atom. The van der Waals surface area contributed by atoms with E-state index in [9.17, 15) is 0 Å². The van der Waals surface area contributed by atoms with Crippen molar-refractivity contribution in [3.8, 4) is 0 Å². The number of aryl methyl sites for hydroxylation is 1. The van der Waals surface area contributed by atoms with Gasteiger partial charge in [0, 0.05) is 44.0 Å². The van der Waals surface area contributed by atoms with Gasteiger partial charge in [-0.05, 0) is 55.6 Å². The van der Waals surface area contributed by atoms with Gasteiger partial charge in [-0.2, -0.15) is 0 Å². The largest absolute Gasteiger partial charge is 0.354 e. The van der Waals surface area contributed by atoms with Crippen LogP contribution < -0.4 is 4.90 Å². The summed E-state index contributed by atoms with van der Waals surface area (Å²) in [5, 5.41) is 1.30. The number of para-hydroxylation sites is 1. The maximum atomic E-state index is 4.46. The van der Waals surface area contributed by atoms with E-state index < -0.39 is 0 Å². The Bertz CT molecular complexity index is 820. The van der Waals surface area contributed by atoms with Crippen molar-refractivity contribution in [2.75, 3.05) is 37.6 Å². The lowest BCUT2D eigenvalue weighted by Crippen LogP contribution is -2.46. The van der Waals surface area contributed by atoms with Crippen LogP contribution in [0.4, 0.5) is 5.82 Å². The van der Waals surface area contributed by atoms with E-state index in [1.165, 1.54) is 30.3 Å². The van der Waals surface area contributed by atoms with Crippen molar-refractivity contribution in [1.82, 2.24) is 14.9 Å². The molecule has 0 bridgehead atoms. The molecule has 0 radical (unpaired) electrons. The van der Waals surface area contributed by atoms with Crippen molar-refractivity contribution < 1.29 is 0 Å². The van der Waals surface area contributed by atoms with Gasteiger partial charge in [-0.1, -0.05) is 24.3 Å². The highest BCUT2D eigenvalue weighted by atomic mass is 15.3. The Balaban J connectivity index is 1.22. The second-order valence-electron chi connectivity index (χ2n) is 6.96. The van der Waals surface area contributed by atoms with Crippen LogP contribution in [0.15, 0.2) is 60.9 Å². The topological polar surface area (TPSA) is 32.3 Å². The molecule has 0 N–H and O–H groups in total. The highest BCUT2D eigenvalue weighted by molar-refractivity contribution is 5.81. The molecule has 2 aromatic heterocycles. The third-order valence-electron chi connectivity index (χ3n) is 5.26. The van der Waals surface area contributed by atoms with E-state index in [0.717, 1.165) is 43.9 Å². The van der Waals surface area contributed by atoms with Crippen molar-refractivity contribution in [2.24, 2.45) is 0 Å². The van der Waals surface area contributed by atoms with Gasteiger partial charge in [-0.25, -0.2) is 4.98 Å². The van der Waals surface area contributed by atoms with E-state index >= 15 is 0 Å². The highest BCUT2D eigenvalue weighted by Crippen LogP contribution is 2.18. The predicted octanol–water partition coefficient (Wildman–Crippen LogP) is 3.77. The molecule has 0 spiro atoms. The average molecular weight is 346 g/mol. The number of rotatable bonds is 6. The first-order chi connectivity index (χ1) is 12.9. The molecule has 0 amide bonds. The van der Waals surface area contributed by atoms with Crippen LogP contribution in [0.5, 0.6) is 0 Å². The minimum atomic E-state index is 1.08. The molecule has 1 saturated heterocycles. The van der Waals surface area contributed by atoms with E-state index in [1.807, 2.05) is 18.5 Å². The van der Waals surface area contributed by atoms with Crippen LogP contribution in [0.3, 0.4) is 0 Å². The quantitative estimate of drug-likeness (QED) is 0.636. The zero-order chi connectivity index (χ0) is 17.6. The van der Waals surface area contributed by atoms with Gasteiger partial charge in [0.05, 0.1) is 5.52 Å². The van der Waals surface area contributed by atoms with Crippen molar-refractivity contribution >= 4 is 16.7 Å². The first kappa shape index (κ1) is 17.0. The zero-order valence-electron chi connectivity index (χ0n) is 15.2. The molecule has 4 heteroatoms. The molecule has 4 nitrogen and oxygen atoms in total. The summed E-state index contributed by atoms with van der Waals surface area (Å²) in [6.07, 6.45) is 7.44. The lowest BCUT2D eigenvalue weighted by molar-refractivity contribution is 0.252. The van der Waals surface area contributed by atoms with Crippen LogP contribution in [-0.4, -0.2) is 47.6 Å². The summed E-state index contributed by atoms with van der Waals surface area (Å²) in [4.78, 5) is 13.9. The second-order valence-corrected chi connectivity index (χ2v) is 6.96. The molecule has 1 fully saturated rings. The minimum Gasteiger partial charge on any atom is -0.354 e. The summed E-state index contributed by atoms with van der Waals surface area (Å²) in [5.41, 5.74) is 2.53. The van der Waals surface area contributed by atoms with Crippen LogP contribution in [0.2, 0.25) is 0 Å². The first-order valence-corrected chi connectivity index (χ1v) is 9.61. The lowest BCUT2D eigenvalue weighted by atomic mass is 10.0. The Kier molecular flexibility index (Phi) is 5.41. The van der Waals surface area contributed by atoms with Gasteiger partial charge in [0.25, 0.3) is 0 Å². The third kappa shape index (κ3) is 4.02. The number of fused-ring (bicyclic) bond motifs is 1. The van der Waals surface area contributed by atoms with Gasteiger partial charge in [0.1, 0.15) is 5.82 Å². The van der Waals surface area contributed by atoms with Crippen molar-refractivity contribution in [3.05, 3.63) is 66.5 Å². The van der Waals surface area contributed by atoms with Gasteiger partial charge in [0.2, 0.25) is 0 Å². The zero-order valence-corrected chi connectivity index (χ0v) is 15.2. The number of benzene rings is 1. The Morgan fingerprint density at radius 2 is 1.62 bits per heavy atom. The maximum absolute atomic E-state index is 4.46. The van der Waals surface area contributed by atoms with Gasteiger partial charge in [-0.15, -0.1) is 0 Å². The first-order valence-electron chi connectivity index (χ1n) is 9.61. The van der Waals surface area contributed by atoms with Crippen molar-refractivity contribution in [3.63, 3.8) is 0 Å². The summed E-state index contributed by atoms with van der Waals surface area (Å²) in [6.45, 7) is 5.61. The molecule has 4 rings (SSSR count). The summed E-state index contributed by atoms with van der Waals surface area (Å²) in [5.74, 6) is 1.11. The maximum Gasteiger partial charge on any atom is 0.128 e. The monoisotopic (exact) mass is 346 g/mol. The number of anilines is 1. The van der Waals surface area contributed by atoms with Crippen LogP contribution in [-0.2, 0) is 6.42 Å². The number of hydrogen-bond acceptors (Lipinski definition) is 4. The number of piperazine rings is 1. The highest BCUT2D eigenvalue weighted by Gasteiger charge is 2.17. The molecule has 1 aliphatic heterocycles. The van der Waals surface area contributed by atoms with E-state index in [-0.39, 0.29) is 0 Å². The lowest BCUT2D eigenvalue weighted by Gasteiger charge is -2.35. The number of unbranched alkanes of at least 4 members (excludes halogenated alkanes) is 1. The van der Waals surface area contributed by atoms with Crippen LogP contribution in [0.25, 0.3) is 10.9 Å². The number of aromatic nitrogens is 2. The molecular weight excluding hydrogens is 320 g/mol. The molecule has 0 saturated carbocycles. The molecule has 1 aliphatic rings. The Hall–Kier alpha value is -2.46. The smallest absolute Gasteiger partial charge is 0.128 e. The summed E-state index contributed by atoms with van der Waals surface area (Å²) >= 11 is 0. The van der Waals surface area contributed by atoms with Gasteiger partial charge >= 0.3 is 0 Å². The Morgan fingerprint density at radius 1 is 0.769 bits per heavy atom. The van der Waals surface area contributed by atoms with Crippen LogP contribution in [0.1, 0.15) is 18.4 Å². The van der Waals surface area contributed by atoms with E-state index in [4.69, 9.17) is 0 Å². The number of hydrogen-bond donors (Lipinski definition) is 0. The standard InChI is InChI=1S/C22H26N4/c1-2-9-21-20(8-1)19(11-13-23-21)7-4-6-14-25-15-17-26(18-16-25)22-10-3-5-12-24-22/h1-3,5,8-13H,4,6-7,14-18H2. The van der Waals surface area contributed by atoms with Crippen molar-refractivity contribution in [2.45, 2.75) is 19.3 Å². The molecular formula is C22H26N4. The number of nitrogens with zero attached hydrogens (tertiary/aromatic N) is 4. The van der Waals surface area contributed by atoms with E-state index in [1.54, 1.807) is 0 Å². The molecule has 0 atom stereocenters. The van der Waals surface area contributed by atoms with Gasteiger partial charge in [-0.3, -0.25) is 9.88 Å². The fourth-order valence-electron chi connectivity index (χ4n) is 3.77. The normalized spacial score (nSPS) is 15.5. The molecule has 3 heterocycles. The number of pyridine rings is 2. The predicted molar refractivity (Wildman–Crippen MR) is 108 cm³/mol. The molecule has 26 heavy (non-hydrogen) atoms. The van der Waals surface area contributed by atoms with Crippen molar-refractivity contribution in [1.29, 1.82) is 0 Å². The summed E-state index contributed by atoms with van der Waals surface area (Å²) < 4.78 is 0. The molecule has 0 aliphatic carbocycles. The molecule has 134 valence electrons. The van der Waals surface area contributed by atoms with E-state index in [0.29, 0.717) is 0 Å². The van der Waals surface area contributed by atoms with E-state index in [2.05, 4.69) is 62.2 Å². The van der Waals surface area contributed by atoms with Gasteiger partial charge < -0.3 is 4.90 Å². The second kappa shape index (κ2) is 8.28. The van der Waals surface area contributed by atoms with Gasteiger partial charge in [0.15, 0.2) is 0 Å².